The zero-order valence-electron chi connectivity index (χ0n) is 9.41. The lowest BCUT2D eigenvalue weighted by molar-refractivity contribution is -0.139. The van der Waals surface area contributed by atoms with Gasteiger partial charge in [-0.3, -0.25) is 9.78 Å². The van der Waals surface area contributed by atoms with Crippen molar-refractivity contribution in [1.29, 1.82) is 5.26 Å². The van der Waals surface area contributed by atoms with Gasteiger partial charge in [-0.25, -0.2) is 8.78 Å². The minimum atomic E-state index is -2.80. The van der Waals surface area contributed by atoms with Crippen molar-refractivity contribution in [2.75, 3.05) is 7.11 Å². The van der Waals surface area contributed by atoms with Crippen LogP contribution in [-0.4, -0.2) is 18.1 Å². The first kappa shape index (κ1) is 14.3. The quantitative estimate of drug-likeness (QED) is 0.624. The number of hydrogen-bond acceptors (Lipinski definition) is 4. The van der Waals surface area contributed by atoms with Crippen LogP contribution >= 0.6 is 11.6 Å². The zero-order chi connectivity index (χ0) is 13.7. The SMILES string of the molecule is COC(=O)Cc1c(C#N)cc(C(F)F)nc1CCl. The zero-order valence-corrected chi connectivity index (χ0v) is 10.2. The number of methoxy groups -OCH3 is 1. The van der Waals surface area contributed by atoms with Gasteiger partial charge in [0, 0.05) is 5.56 Å². The number of pyridine rings is 1. The molecular formula is C11H9ClF2N2O2. The summed E-state index contributed by atoms with van der Waals surface area (Å²) in [6, 6.07) is 2.71. The molecule has 4 nitrogen and oxygen atoms in total. The Labute approximate surface area is 107 Å². The third-order valence-corrected chi connectivity index (χ3v) is 2.50. The minimum Gasteiger partial charge on any atom is -0.469 e. The molecule has 0 aliphatic carbocycles. The molecule has 0 bridgehead atoms. The van der Waals surface area contributed by atoms with Crippen LogP contribution in [0.4, 0.5) is 8.78 Å². The van der Waals surface area contributed by atoms with Crippen LogP contribution in [0.5, 0.6) is 0 Å². The highest BCUT2D eigenvalue weighted by Crippen LogP contribution is 2.23. The van der Waals surface area contributed by atoms with E-state index in [1.807, 2.05) is 0 Å². The van der Waals surface area contributed by atoms with E-state index < -0.39 is 18.1 Å². The maximum atomic E-state index is 12.6. The lowest BCUT2D eigenvalue weighted by atomic mass is 10.0. The molecule has 7 heteroatoms. The molecule has 1 aromatic heterocycles. The van der Waals surface area contributed by atoms with E-state index in [1.165, 1.54) is 7.11 Å². The number of ether oxygens (including phenoxy) is 1. The van der Waals surface area contributed by atoms with Crippen molar-refractivity contribution in [2.45, 2.75) is 18.7 Å². The van der Waals surface area contributed by atoms with Gasteiger partial charge in [-0.15, -0.1) is 11.6 Å². The van der Waals surface area contributed by atoms with Crippen LogP contribution in [0.1, 0.15) is 28.9 Å². The van der Waals surface area contributed by atoms with Crippen molar-refractivity contribution in [1.82, 2.24) is 4.98 Å². The van der Waals surface area contributed by atoms with E-state index in [4.69, 9.17) is 16.9 Å². The summed E-state index contributed by atoms with van der Waals surface area (Å²) < 4.78 is 29.6. The van der Waals surface area contributed by atoms with Crippen molar-refractivity contribution >= 4 is 17.6 Å². The van der Waals surface area contributed by atoms with Gasteiger partial charge in [0.05, 0.1) is 36.7 Å². The first-order chi connectivity index (χ1) is 8.53. The summed E-state index contributed by atoms with van der Waals surface area (Å²) in [5.41, 5.74) is -0.252. The van der Waals surface area contributed by atoms with Crippen molar-refractivity contribution < 1.29 is 18.3 Å². The van der Waals surface area contributed by atoms with Gasteiger partial charge in [0.1, 0.15) is 5.69 Å². The van der Waals surface area contributed by atoms with Gasteiger partial charge >= 0.3 is 5.97 Å². The Kier molecular flexibility index (Phi) is 4.98. The molecular weight excluding hydrogens is 266 g/mol. The Morgan fingerprint density at radius 3 is 2.78 bits per heavy atom. The summed E-state index contributed by atoms with van der Waals surface area (Å²) in [7, 11) is 1.19. The number of alkyl halides is 3. The van der Waals surface area contributed by atoms with Crippen molar-refractivity contribution in [3.8, 4) is 6.07 Å². The summed E-state index contributed by atoms with van der Waals surface area (Å²) in [6.45, 7) is 0. The Morgan fingerprint density at radius 2 is 2.33 bits per heavy atom. The molecule has 0 atom stereocenters. The van der Waals surface area contributed by atoms with Crippen LogP contribution in [0.15, 0.2) is 6.07 Å². The molecule has 0 radical (unpaired) electrons. The smallest absolute Gasteiger partial charge is 0.310 e. The Hall–Kier alpha value is -1.74. The number of nitriles is 1. The molecule has 0 aliphatic rings. The van der Waals surface area contributed by atoms with Crippen molar-refractivity contribution in [2.24, 2.45) is 0 Å². The number of carbonyl (C=O) groups excluding carboxylic acids is 1. The molecule has 1 heterocycles. The second-order valence-electron chi connectivity index (χ2n) is 3.32. The largest absolute Gasteiger partial charge is 0.469 e. The molecule has 0 fully saturated rings. The second kappa shape index (κ2) is 6.26. The number of rotatable bonds is 4. The highest BCUT2D eigenvalue weighted by atomic mass is 35.5. The monoisotopic (exact) mass is 274 g/mol. The first-order valence-corrected chi connectivity index (χ1v) is 5.40. The number of esters is 1. The first-order valence-electron chi connectivity index (χ1n) is 4.87. The molecule has 1 aromatic rings. The Balaban J connectivity index is 3.31. The van der Waals surface area contributed by atoms with Crippen LogP contribution in [0.3, 0.4) is 0 Å². The summed E-state index contributed by atoms with van der Waals surface area (Å²) in [6.07, 6.45) is -3.02. The highest BCUT2D eigenvalue weighted by molar-refractivity contribution is 6.17. The maximum absolute atomic E-state index is 12.6. The number of hydrogen-bond donors (Lipinski definition) is 0. The van der Waals surface area contributed by atoms with Gasteiger partial charge in [-0.1, -0.05) is 0 Å². The van der Waals surface area contributed by atoms with Crippen LogP contribution < -0.4 is 0 Å². The molecule has 0 spiro atoms. The molecule has 18 heavy (non-hydrogen) atoms. The summed E-state index contributed by atoms with van der Waals surface area (Å²) in [5, 5.41) is 8.91. The van der Waals surface area contributed by atoms with Gasteiger partial charge in [-0.05, 0) is 6.07 Å². The van der Waals surface area contributed by atoms with Crippen molar-refractivity contribution in [3.63, 3.8) is 0 Å². The van der Waals surface area contributed by atoms with E-state index in [9.17, 15) is 13.6 Å². The van der Waals surface area contributed by atoms with E-state index in [0.717, 1.165) is 6.07 Å². The van der Waals surface area contributed by atoms with Gasteiger partial charge in [0.2, 0.25) is 0 Å². The van der Waals surface area contributed by atoms with E-state index in [2.05, 4.69) is 9.72 Å². The fourth-order valence-corrected chi connectivity index (χ4v) is 1.60. The fourth-order valence-electron chi connectivity index (χ4n) is 1.38. The summed E-state index contributed by atoms with van der Waals surface area (Å²) in [4.78, 5) is 14.8. The molecule has 96 valence electrons. The lowest BCUT2D eigenvalue weighted by Gasteiger charge is -2.10. The average Bonchev–Trinajstić information content (AvgIpc) is 2.38. The standard InChI is InChI=1S/C11H9ClF2N2O2/c1-18-10(17)3-7-6(5-15)2-8(11(13)14)16-9(7)4-12/h2,11H,3-4H2,1H3. The predicted octanol–water partition coefficient (Wildman–Crippen LogP) is 2.35. The Bertz CT molecular complexity index is 501. The van der Waals surface area contributed by atoms with Crippen molar-refractivity contribution in [3.05, 3.63) is 28.6 Å². The van der Waals surface area contributed by atoms with E-state index >= 15 is 0 Å². The van der Waals surface area contributed by atoms with Gasteiger partial charge in [0.25, 0.3) is 6.43 Å². The molecule has 1 rings (SSSR count). The third kappa shape index (κ3) is 3.14. The maximum Gasteiger partial charge on any atom is 0.310 e. The second-order valence-corrected chi connectivity index (χ2v) is 3.59. The normalized spacial score (nSPS) is 10.2. The lowest BCUT2D eigenvalue weighted by Crippen LogP contribution is -2.11. The molecule has 0 aromatic carbocycles. The van der Waals surface area contributed by atoms with Crippen LogP contribution in [0, 0.1) is 11.3 Å². The topological polar surface area (TPSA) is 63.0 Å². The molecule has 0 aliphatic heterocycles. The van der Waals surface area contributed by atoms with Gasteiger partial charge in [-0.2, -0.15) is 5.26 Å². The van der Waals surface area contributed by atoms with Gasteiger partial charge in [0.15, 0.2) is 0 Å². The summed E-state index contributed by atoms with van der Waals surface area (Å²) in [5.74, 6) is -0.758. The van der Waals surface area contributed by atoms with Crippen LogP contribution in [-0.2, 0) is 21.8 Å². The molecule has 0 saturated carbocycles. The summed E-state index contributed by atoms with van der Waals surface area (Å²) >= 11 is 5.60. The minimum absolute atomic E-state index is 0.0404. The predicted molar refractivity (Wildman–Crippen MR) is 59.2 cm³/mol. The van der Waals surface area contributed by atoms with E-state index in [-0.39, 0.29) is 29.1 Å². The number of aromatic nitrogens is 1. The van der Waals surface area contributed by atoms with E-state index in [0.29, 0.717) is 0 Å². The fraction of sp³-hybridized carbons (Fsp3) is 0.364. The number of nitrogens with zero attached hydrogens (tertiary/aromatic N) is 2. The van der Waals surface area contributed by atoms with Crippen LogP contribution in [0.2, 0.25) is 0 Å². The molecule has 0 saturated heterocycles. The number of carbonyl (C=O) groups is 1. The Morgan fingerprint density at radius 1 is 1.67 bits per heavy atom. The average molecular weight is 275 g/mol. The molecule has 0 amide bonds. The van der Waals surface area contributed by atoms with E-state index in [1.54, 1.807) is 6.07 Å². The number of halogens is 3. The third-order valence-electron chi connectivity index (χ3n) is 2.25. The molecule has 0 N–H and O–H groups in total. The highest BCUT2D eigenvalue weighted by Gasteiger charge is 2.19. The van der Waals surface area contributed by atoms with Gasteiger partial charge < -0.3 is 4.74 Å². The van der Waals surface area contributed by atoms with Crippen LogP contribution in [0.25, 0.3) is 0 Å². The molecule has 0 unspecified atom stereocenters.